The van der Waals surface area contributed by atoms with Gasteiger partial charge in [-0.2, -0.15) is 13.2 Å². The van der Waals surface area contributed by atoms with E-state index in [9.17, 15) is 18.0 Å². The molecule has 0 bridgehead atoms. The normalized spacial score (nSPS) is 12.5. The molecule has 7 heteroatoms. The number of alkyl halides is 3. The minimum absolute atomic E-state index is 0.0227. The molecule has 2 rings (SSSR count). The highest BCUT2D eigenvalue weighted by Crippen LogP contribution is 2.29. The lowest BCUT2D eigenvalue weighted by Gasteiger charge is -2.18. The molecule has 0 radical (unpaired) electrons. The van der Waals surface area contributed by atoms with E-state index in [1.807, 2.05) is 0 Å². The zero-order valence-corrected chi connectivity index (χ0v) is 14.2. The third kappa shape index (κ3) is 5.39. The van der Waals surface area contributed by atoms with E-state index in [1.54, 1.807) is 31.2 Å². The molecule has 0 fully saturated rings. The van der Waals surface area contributed by atoms with Crippen LogP contribution in [0.3, 0.4) is 0 Å². The second kappa shape index (κ2) is 8.25. The van der Waals surface area contributed by atoms with Crippen LogP contribution in [0.5, 0.6) is 5.75 Å². The SMILES string of the molecule is CCC(Oc1ccccc1Cl)C(=O)NCc1cccc(C(F)(F)F)c1. The van der Waals surface area contributed by atoms with Gasteiger partial charge in [-0.05, 0) is 36.2 Å². The van der Waals surface area contributed by atoms with Gasteiger partial charge in [0.15, 0.2) is 6.10 Å². The number of ether oxygens (including phenoxy) is 1. The fourth-order valence-electron chi connectivity index (χ4n) is 2.18. The Morgan fingerprint density at radius 3 is 2.56 bits per heavy atom. The number of amides is 1. The number of hydrogen-bond donors (Lipinski definition) is 1. The molecule has 0 saturated carbocycles. The first-order valence-corrected chi connectivity index (χ1v) is 8.04. The molecular formula is C18H17ClF3NO2. The largest absolute Gasteiger partial charge is 0.479 e. The molecule has 0 aliphatic rings. The van der Waals surface area contributed by atoms with E-state index in [2.05, 4.69) is 5.32 Å². The zero-order valence-electron chi connectivity index (χ0n) is 13.4. The lowest BCUT2D eigenvalue weighted by Crippen LogP contribution is -2.37. The number of para-hydroxylation sites is 1. The Balaban J connectivity index is 2.00. The molecule has 1 atom stereocenters. The molecule has 134 valence electrons. The minimum Gasteiger partial charge on any atom is -0.479 e. The first kappa shape index (κ1) is 19.1. The van der Waals surface area contributed by atoms with Gasteiger partial charge in [0.25, 0.3) is 5.91 Å². The second-order valence-corrected chi connectivity index (χ2v) is 5.77. The maximum absolute atomic E-state index is 12.7. The van der Waals surface area contributed by atoms with Crippen LogP contribution in [0.4, 0.5) is 13.2 Å². The van der Waals surface area contributed by atoms with E-state index in [1.165, 1.54) is 12.1 Å². The van der Waals surface area contributed by atoms with Crippen molar-refractivity contribution in [3.63, 3.8) is 0 Å². The summed E-state index contributed by atoms with van der Waals surface area (Å²) in [4.78, 5) is 12.2. The van der Waals surface area contributed by atoms with Crippen LogP contribution in [0.25, 0.3) is 0 Å². The highest BCUT2D eigenvalue weighted by atomic mass is 35.5. The Bertz CT molecular complexity index is 734. The van der Waals surface area contributed by atoms with Gasteiger partial charge in [0.2, 0.25) is 0 Å². The molecule has 0 aliphatic carbocycles. The van der Waals surface area contributed by atoms with Crippen molar-refractivity contribution in [3.8, 4) is 5.75 Å². The Kier molecular flexibility index (Phi) is 6.31. The molecule has 0 saturated heterocycles. The summed E-state index contributed by atoms with van der Waals surface area (Å²) in [7, 11) is 0. The summed E-state index contributed by atoms with van der Waals surface area (Å²) in [5.74, 6) is -0.0370. The van der Waals surface area contributed by atoms with Crippen molar-refractivity contribution < 1.29 is 22.7 Å². The van der Waals surface area contributed by atoms with Crippen LogP contribution < -0.4 is 10.1 Å². The second-order valence-electron chi connectivity index (χ2n) is 5.36. The van der Waals surface area contributed by atoms with Gasteiger partial charge in [-0.15, -0.1) is 0 Å². The van der Waals surface area contributed by atoms with Crippen LogP contribution in [-0.4, -0.2) is 12.0 Å². The first-order valence-electron chi connectivity index (χ1n) is 7.66. The van der Waals surface area contributed by atoms with Crippen LogP contribution in [0.2, 0.25) is 5.02 Å². The predicted octanol–water partition coefficient (Wildman–Crippen LogP) is 4.83. The topological polar surface area (TPSA) is 38.3 Å². The van der Waals surface area contributed by atoms with Crippen molar-refractivity contribution in [2.45, 2.75) is 32.2 Å². The van der Waals surface area contributed by atoms with Crippen molar-refractivity contribution in [2.75, 3.05) is 0 Å². The Morgan fingerprint density at radius 1 is 1.20 bits per heavy atom. The predicted molar refractivity (Wildman–Crippen MR) is 89.4 cm³/mol. The van der Waals surface area contributed by atoms with Gasteiger partial charge in [0.05, 0.1) is 10.6 Å². The van der Waals surface area contributed by atoms with Crippen molar-refractivity contribution in [3.05, 3.63) is 64.7 Å². The van der Waals surface area contributed by atoms with Gasteiger partial charge in [-0.25, -0.2) is 0 Å². The van der Waals surface area contributed by atoms with Crippen LogP contribution in [0.1, 0.15) is 24.5 Å². The number of hydrogen-bond acceptors (Lipinski definition) is 2. The maximum Gasteiger partial charge on any atom is 0.416 e. The number of rotatable bonds is 6. The highest BCUT2D eigenvalue weighted by molar-refractivity contribution is 6.32. The van der Waals surface area contributed by atoms with Crippen LogP contribution in [0, 0.1) is 0 Å². The summed E-state index contributed by atoms with van der Waals surface area (Å²) in [6.45, 7) is 1.75. The lowest BCUT2D eigenvalue weighted by atomic mass is 10.1. The smallest absolute Gasteiger partial charge is 0.416 e. The minimum atomic E-state index is -4.42. The average Bonchev–Trinajstić information content (AvgIpc) is 2.58. The molecular weight excluding hydrogens is 355 g/mol. The summed E-state index contributed by atoms with van der Waals surface area (Å²) in [6, 6.07) is 11.6. The number of carbonyl (C=O) groups excluding carboxylic acids is 1. The highest BCUT2D eigenvalue weighted by Gasteiger charge is 2.30. The molecule has 25 heavy (non-hydrogen) atoms. The van der Waals surface area contributed by atoms with Gasteiger partial charge in [-0.3, -0.25) is 4.79 Å². The Labute approximate surface area is 148 Å². The summed E-state index contributed by atoms with van der Waals surface area (Å²) in [6.07, 6.45) is -4.82. The van der Waals surface area contributed by atoms with Crippen LogP contribution in [-0.2, 0) is 17.5 Å². The Morgan fingerprint density at radius 2 is 1.92 bits per heavy atom. The van der Waals surface area contributed by atoms with Crippen molar-refractivity contribution in [2.24, 2.45) is 0 Å². The van der Waals surface area contributed by atoms with Gasteiger partial charge < -0.3 is 10.1 Å². The average molecular weight is 372 g/mol. The van der Waals surface area contributed by atoms with E-state index >= 15 is 0 Å². The maximum atomic E-state index is 12.7. The number of benzene rings is 2. The van der Waals surface area contributed by atoms with Crippen molar-refractivity contribution >= 4 is 17.5 Å². The summed E-state index contributed by atoms with van der Waals surface area (Å²) >= 11 is 6.00. The molecule has 1 amide bonds. The summed E-state index contributed by atoms with van der Waals surface area (Å²) in [5, 5.41) is 2.98. The molecule has 0 aliphatic heterocycles. The molecule has 1 N–H and O–H groups in total. The molecule has 2 aromatic rings. The standard InChI is InChI=1S/C18H17ClF3NO2/c1-2-15(25-16-9-4-3-8-14(16)19)17(24)23-11-12-6-5-7-13(10-12)18(20,21)22/h3-10,15H,2,11H2,1H3,(H,23,24). The van der Waals surface area contributed by atoms with Gasteiger partial charge in [0, 0.05) is 6.54 Å². The monoisotopic (exact) mass is 371 g/mol. The fraction of sp³-hybridized carbons (Fsp3) is 0.278. The van der Waals surface area contributed by atoms with Gasteiger partial charge >= 0.3 is 6.18 Å². The van der Waals surface area contributed by atoms with E-state index < -0.39 is 23.8 Å². The molecule has 1 unspecified atom stereocenters. The summed E-state index contributed by atoms with van der Waals surface area (Å²) in [5.41, 5.74) is -0.394. The number of halogens is 4. The zero-order chi connectivity index (χ0) is 18.4. The van der Waals surface area contributed by atoms with Crippen molar-refractivity contribution in [1.82, 2.24) is 5.32 Å². The summed E-state index contributed by atoms with van der Waals surface area (Å²) < 4.78 is 43.7. The fourth-order valence-corrected chi connectivity index (χ4v) is 2.36. The molecule has 0 heterocycles. The molecule has 0 spiro atoms. The quantitative estimate of drug-likeness (QED) is 0.789. The van der Waals surface area contributed by atoms with Gasteiger partial charge in [0.1, 0.15) is 5.75 Å². The van der Waals surface area contributed by atoms with Crippen LogP contribution in [0.15, 0.2) is 48.5 Å². The molecule has 3 nitrogen and oxygen atoms in total. The van der Waals surface area contributed by atoms with Crippen molar-refractivity contribution in [1.29, 1.82) is 0 Å². The lowest BCUT2D eigenvalue weighted by molar-refractivity contribution is -0.137. The van der Waals surface area contributed by atoms with E-state index in [0.29, 0.717) is 22.8 Å². The van der Waals surface area contributed by atoms with Crippen LogP contribution >= 0.6 is 11.6 Å². The van der Waals surface area contributed by atoms with E-state index in [4.69, 9.17) is 16.3 Å². The van der Waals surface area contributed by atoms with E-state index in [0.717, 1.165) is 12.1 Å². The molecule has 2 aromatic carbocycles. The van der Waals surface area contributed by atoms with E-state index in [-0.39, 0.29) is 6.54 Å². The number of carbonyl (C=O) groups is 1. The van der Waals surface area contributed by atoms with Gasteiger partial charge in [-0.1, -0.05) is 42.8 Å². The number of nitrogens with one attached hydrogen (secondary N) is 1. The third-order valence-electron chi connectivity index (χ3n) is 3.49. The first-order chi connectivity index (χ1) is 11.8. The molecule has 0 aromatic heterocycles. The third-order valence-corrected chi connectivity index (χ3v) is 3.80. The Hall–Kier alpha value is -2.21.